The molecule has 4 aromatic rings. The second-order valence-electron chi connectivity index (χ2n) is 9.37. The van der Waals surface area contributed by atoms with E-state index in [-0.39, 0.29) is 24.5 Å². The SMILES string of the molecule is C[C@H](NCCO)C(=O)N[C@H](C(=O)N1CCC[C@H]1c1nc2c(-c3ccccc3)nccc2s1)c1ccccc1. The first-order valence-electron chi connectivity index (χ1n) is 12.9. The maximum atomic E-state index is 14.0. The van der Waals surface area contributed by atoms with Crippen LogP contribution in [-0.4, -0.2) is 57.5 Å². The number of nitrogens with one attached hydrogen (secondary N) is 2. The van der Waals surface area contributed by atoms with E-state index in [1.165, 1.54) is 0 Å². The number of pyridine rings is 1. The molecule has 9 heteroatoms. The number of amides is 2. The molecule has 0 aliphatic carbocycles. The molecule has 0 unspecified atom stereocenters. The average molecular weight is 530 g/mol. The van der Waals surface area contributed by atoms with Crippen molar-refractivity contribution in [1.29, 1.82) is 0 Å². The van der Waals surface area contributed by atoms with E-state index < -0.39 is 12.1 Å². The number of carbonyl (C=O) groups excluding carboxylic acids is 2. The fourth-order valence-electron chi connectivity index (χ4n) is 4.85. The third-order valence-corrected chi connectivity index (χ3v) is 7.94. The average Bonchev–Trinajstić information content (AvgIpc) is 3.62. The molecule has 2 amide bonds. The molecule has 8 nitrogen and oxygen atoms in total. The van der Waals surface area contributed by atoms with Crippen molar-refractivity contribution in [3.05, 3.63) is 83.5 Å². The highest BCUT2D eigenvalue weighted by Gasteiger charge is 2.37. The number of aromatic nitrogens is 2. The zero-order valence-electron chi connectivity index (χ0n) is 21.2. The fourth-order valence-corrected chi connectivity index (χ4v) is 5.96. The maximum Gasteiger partial charge on any atom is 0.250 e. The summed E-state index contributed by atoms with van der Waals surface area (Å²) in [7, 11) is 0. The first-order valence-corrected chi connectivity index (χ1v) is 13.7. The Kier molecular flexibility index (Phi) is 8.07. The van der Waals surface area contributed by atoms with Crippen molar-refractivity contribution in [3.8, 4) is 11.3 Å². The molecule has 1 fully saturated rings. The summed E-state index contributed by atoms with van der Waals surface area (Å²) >= 11 is 1.59. The van der Waals surface area contributed by atoms with Gasteiger partial charge < -0.3 is 20.6 Å². The van der Waals surface area contributed by atoms with Gasteiger partial charge in [0.15, 0.2) is 0 Å². The van der Waals surface area contributed by atoms with E-state index in [1.807, 2.05) is 71.6 Å². The van der Waals surface area contributed by atoms with Crippen molar-refractivity contribution in [2.45, 2.75) is 37.9 Å². The van der Waals surface area contributed by atoms with Gasteiger partial charge in [-0.15, -0.1) is 11.3 Å². The van der Waals surface area contributed by atoms with Gasteiger partial charge in [0.05, 0.1) is 29.1 Å². The molecule has 38 heavy (non-hydrogen) atoms. The second-order valence-corrected chi connectivity index (χ2v) is 10.4. The largest absolute Gasteiger partial charge is 0.395 e. The van der Waals surface area contributed by atoms with Crippen LogP contribution in [0.4, 0.5) is 0 Å². The molecule has 0 radical (unpaired) electrons. The standard InChI is InChI=1S/C29H31N5O3S/c1-19(30-16-18-35)27(36)32-25(21-11-6-3-7-12-21)29(37)34-17-8-13-22(34)28-33-26-23(38-28)14-15-31-24(26)20-9-4-2-5-10-20/h2-7,9-12,14-15,19,22,25,30,35H,8,13,16-18H2,1H3,(H,32,36)/t19-,22-,25-/m0/s1. The Balaban J connectivity index is 1.44. The van der Waals surface area contributed by atoms with E-state index >= 15 is 0 Å². The van der Waals surface area contributed by atoms with Gasteiger partial charge in [-0.1, -0.05) is 60.7 Å². The van der Waals surface area contributed by atoms with Crippen LogP contribution in [0.25, 0.3) is 21.5 Å². The topological polar surface area (TPSA) is 107 Å². The minimum atomic E-state index is -0.821. The fraction of sp³-hybridized carbons (Fsp3) is 0.310. The van der Waals surface area contributed by atoms with Crippen molar-refractivity contribution in [1.82, 2.24) is 25.5 Å². The summed E-state index contributed by atoms with van der Waals surface area (Å²) in [5.41, 5.74) is 3.41. The first-order chi connectivity index (χ1) is 18.6. The first kappa shape index (κ1) is 26.0. The van der Waals surface area contributed by atoms with Crippen molar-refractivity contribution in [2.75, 3.05) is 19.7 Å². The molecule has 3 atom stereocenters. The van der Waals surface area contributed by atoms with Crippen molar-refractivity contribution >= 4 is 33.4 Å². The van der Waals surface area contributed by atoms with E-state index in [1.54, 1.807) is 24.5 Å². The predicted octanol–water partition coefficient (Wildman–Crippen LogP) is 3.85. The summed E-state index contributed by atoms with van der Waals surface area (Å²) in [4.78, 5) is 38.4. The van der Waals surface area contributed by atoms with Crippen LogP contribution in [0.1, 0.15) is 42.4 Å². The molecular formula is C29H31N5O3S. The van der Waals surface area contributed by atoms with Gasteiger partial charge in [0.1, 0.15) is 16.6 Å². The highest BCUT2D eigenvalue weighted by Crippen LogP contribution is 2.39. The van der Waals surface area contributed by atoms with E-state index in [2.05, 4.69) is 15.6 Å². The summed E-state index contributed by atoms with van der Waals surface area (Å²) < 4.78 is 1.03. The van der Waals surface area contributed by atoms with Crippen molar-refractivity contribution < 1.29 is 14.7 Å². The van der Waals surface area contributed by atoms with E-state index in [0.29, 0.717) is 13.1 Å². The number of nitrogens with zero attached hydrogens (tertiary/aromatic N) is 3. The number of aliphatic hydroxyl groups excluding tert-OH is 1. The van der Waals surface area contributed by atoms with E-state index in [4.69, 9.17) is 10.1 Å². The lowest BCUT2D eigenvalue weighted by Crippen LogP contribution is -2.48. The molecule has 2 aromatic carbocycles. The van der Waals surface area contributed by atoms with Crippen LogP contribution in [0.3, 0.4) is 0 Å². The lowest BCUT2D eigenvalue weighted by atomic mass is 10.0. The summed E-state index contributed by atoms with van der Waals surface area (Å²) in [5, 5.41) is 15.9. The van der Waals surface area contributed by atoms with Gasteiger partial charge >= 0.3 is 0 Å². The highest BCUT2D eigenvalue weighted by molar-refractivity contribution is 7.18. The molecule has 0 spiro atoms. The normalized spacial score (nSPS) is 16.9. The molecule has 1 saturated heterocycles. The number of fused-ring (bicyclic) bond motifs is 1. The Labute approximate surface area is 225 Å². The van der Waals surface area contributed by atoms with Gasteiger partial charge in [0.25, 0.3) is 0 Å². The Morgan fingerprint density at radius 1 is 1.11 bits per heavy atom. The minimum Gasteiger partial charge on any atom is -0.395 e. The van der Waals surface area contributed by atoms with Crippen LogP contribution in [0.5, 0.6) is 0 Å². The lowest BCUT2D eigenvalue weighted by Gasteiger charge is -2.29. The Bertz CT molecular complexity index is 1400. The number of likely N-dealkylation sites (tertiary alicyclic amines) is 1. The third kappa shape index (κ3) is 5.45. The van der Waals surface area contributed by atoms with Crippen LogP contribution in [-0.2, 0) is 9.59 Å². The van der Waals surface area contributed by atoms with Gasteiger partial charge in [-0.3, -0.25) is 14.6 Å². The molecule has 5 rings (SSSR count). The van der Waals surface area contributed by atoms with E-state index in [0.717, 1.165) is 44.9 Å². The Morgan fingerprint density at radius 3 is 2.58 bits per heavy atom. The highest BCUT2D eigenvalue weighted by atomic mass is 32.1. The monoisotopic (exact) mass is 529 g/mol. The number of hydrogen-bond donors (Lipinski definition) is 3. The molecule has 196 valence electrons. The predicted molar refractivity (Wildman–Crippen MR) is 148 cm³/mol. The van der Waals surface area contributed by atoms with Crippen LogP contribution in [0.2, 0.25) is 0 Å². The van der Waals surface area contributed by atoms with Gasteiger partial charge in [-0.2, -0.15) is 0 Å². The zero-order chi connectivity index (χ0) is 26.5. The van der Waals surface area contributed by atoms with Crippen LogP contribution in [0.15, 0.2) is 72.9 Å². The number of rotatable bonds is 9. The smallest absolute Gasteiger partial charge is 0.250 e. The molecule has 1 aliphatic heterocycles. The second kappa shape index (κ2) is 11.8. The summed E-state index contributed by atoms with van der Waals surface area (Å²) in [6.07, 6.45) is 3.47. The van der Waals surface area contributed by atoms with Crippen molar-refractivity contribution in [2.24, 2.45) is 0 Å². The minimum absolute atomic E-state index is 0.0716. The molecule has 3 N–H and O–H groups in total. The van der Waals surface area contributed by atoms with E-state index in [9.17, 15) is 9.59 Å². The molecule has 0 bridgehead atoms. The van der Waals surface area contributed by atoms with Crippen LogP contribution >= 0.6 is 11.3 Å². The van der Waals surface area contributed by atoms with Crippen LogP contribution < -0.4 is 10.6 Å². The quantitative estimate of drug-likeness (QED) is 0.304. The molecule has 1 aliphatic rings. The van der Waals surface area contributed by atoms with Crippen molar-refractivity contribution in [3.63, 3.8) is 0 Å². The molecule has 0 saturated carbocycles. The Morgan fingerprint density at radius 2 is 1.84 bits per heavy atom. The number of benzene rings is 2. The maximum absolute atomic E-state index is 14.0. The molecular weight excluding hydrogens is 498 g/mol. The number of thiazole rings is 1. The zero-order valence-corrected chi connectivity index (χ0v) is 22.0. The molecule has 2 aromatic heterocycles. The summed E-state index contributed by atoms with van der Waals surface area (Å²) in [6, 6.07) is 19.7. The third-order valence-electron chi connectivity index (χ3n) is 6.81. The Hall–Kier alpha value is -3.66. The van der Waals surface area contributed by atoms with Gasteiger partial charge in [0, 0.05) is 24.8 Å². The number of carbonyl (C=O) groups is 2. The number of hydrogen-bond acceptors (Lipinski definition) is 7. The summed E-state index contributed by atoms with van der Waals surface area (Å²) in [5.74, 6) is -0.447. The molecule has 3 heterocycles. The summed E-state index contributed by atoms with van der Waals surface area (Å²) in [6.45, 7) is 2.54. The lowest BCUT2D eigenvalue weighted by molar-refractivity contribution is -0.137. The van der Waals surface area contributed by atoms with Gasteiger partial charge in [-0.05, 0) is 31.4 Å². The van der Waals surface area contributed by atoms with Gasteiger partial charge in [-0.25, -0.2) is 4.98 Å². The van der Waals surface area contributed by atoms with Gasteiger partial charge in [0.2, 0.25) is 11.8 Å². The number of aliphatic hydroxyl groups is 1. The van der Waals surface area contributed by atoms with Crippen LogP contribution in [0, 0.1) is 0 Å².